The lowest BCUT2D eigenvalue weighted by atomic mass is 9.95. The molecule has 0 unspecified atom stereocenters. The first-order chi connectivity index (χ1) is 9.02. The average Bonchev–Trinajstić information content (AvgIpc) is 2.80. The third-order valence-electron chi connectivity index (χ3n) is 4.66. The Labute approximate surface area is 114 Å². The van der Waals surface area contributed by atoms with Crippen LogP contribution in [0.15, 0.2) is 0 Å². The molecule has 0 spiro atoms. The zero-order valence-electron chi connectivity index (χ0n) is 11.8. The van der Waals surface area contributed by atoms with Crippen LogP contribution >= 0.6 is 0 Å². The lowest BCUT2D eigenvalue weighted by Gasteiger charge is -2.34. The molecule has 2 saturated heterocycles. The summed E-state index contributed by atoms with van der Waals surface area (Å²) < 4.78 is 0. The van der Waals surface area contributed by atoms with Crippen molar-refractivity contribution in [3.63, 3.8) is 0 Å². The van der Waals surface area contributed by atoms with Crippen LogP contribution in [0.1, 0.15) is 33.1 Å². The van der Waals surface area contributed by atoms with Gasteiger partial charge in [-0.25, -0.2) is 4.79 Å². The summed E-state index contributed by atoms with van der Waals surface area (Å²) >= 11 is 0. The number of carboxylic acids is 1. The van der Waals surface area contributed by atoms with Gasteiger partial charge in [-0.1, -0.05) is 20.3 Å². The van der Waals surface area contributed by atoms with E-state index in [2.05, 4.69) is 6.92 Å². The van der Waals surface area contributed by atoms with Gasteiger partial charge in [0.25, 0.3) is 0 Å². The Bertz CT molecular complexity index is 351. The molecule has 2 amide bonds. The van der Waals surface area contributed by atoms with Gasteiger partial charge in [0.2, 0.25) is 0 Å². The minimum atomic E-state index is -0.785. The van der Waals surface area contributed by atoms with Gasteiger partial charge in [-0.2, -0.15) is 0 Å². The first kappa shape index (κ1) is 14.2. The summed E-state index contributed by atoms with van der Waals surface area (Å²) in [7, 11) is 0. The second-order valence-corrected chi connectivity index (χ2v) is 5.95. The van der Waals surface area contributed by atoms with Crippen molar-refractivity contribution in [3.05, 3.63) is 0 Å². The van der Waals surface area contributed by atoms with Crippen molar-refractivity contribution >= 4 is 12.0 Å². The van der Waals surface area contributed by atoms with E-state index in [9.17, 15) is 9.59 Å². The Hall–Kier alpha value is -1.26. The second kappa shape index (κ2) is 5.80. The summed E-state index contributed by atoms with van der Waals surface area (Å²) in [6.45, 7) is 6.68. The van der Waals surface area contributed by atoms with E-state index in [0.717, 1.165) is 31.8 Å². The molecular formula is C14H24N2O3. The number of hydrogen-bond acceptors (Lipinski definition) is 2. The lowest BCUT2D eigenvalue weighted by Crippen LogP contribution is -2.46. The molecular weight excluding hydrogens is 244 g/mol. The molecule has 108 valence electrons. The normalized spacial score (nSPS) is 28.7. The van der Waals surface area contributed by atoms with Gasteiger partial charge >= 0.3 is 12.0 Å². The molecule has 5 nitrogen and oxygen atoms in total. The van der Waals surface area contributed by atoms with Crippen molar-refractivity contribution in [1.82, 2.24) is 9.80 Å². The van der Waals surface area contributed by atoms with Gasteiger partial charge in [0.1, 0.15) is 0 Å². The van der Waals surface area contributed by atoms with E-state index < -0.39 is 11.9 Å². The molecule has 0 aromatic heterocycles. The lowest BCUT2D eigenvalue weighted by molar-refractivity contribution is -0.142. The number of piperidine rings is 1. The van der Waals surface area contributed by atoms with Crippen molar-refractivity contribution in [3.8, 4) is 0 Å². The number of carbonyl (C=O) groups is 2. The molecule has 2 atom stereocenters. The third-order valence-corrected chi connectivity index (χ3v) is 4.66. The van der Waals surface area contributed by atoms with Gasteiger partial charge in [0, 0.05) is 26.2 Å². The van der Waals surface area contributed by atoms with Crippen LogP contribution in [0.4, 0.5) is 4.79 Å². The fourth-order valence-electron chi connectivity index (χ4n) is 3.18. The Balaban J connectivity index is 1.89. The molecule has 2 heterocycles. The zero-order valence-corrected chi connectivity index (χ0v) is 11.8. The maximum atomic E-state index is 12.4. The largest absolute Gasteiger partial charge is 0.481 e. The number of amides is 2. The highest BCUT2D eigenvalue weighted by atomic mass is 16.4. The molecule has 0 aliphatic carbocycles. The molecule has 0 radical (unpaired) electrons. The van der Waals surface area contributed by atoms with Crippen LogP contribution in [-0.2, 0) is 4.79 Å². The van der Waals surface area contributed by atoms with E-state index in [1.807, 2.05) is 11.8 Å². The molecule has 0 saturated carbocycles. The van der Waals surface area contributed by atoms with E-state index in [1.165, 1.54) is 6.42 Å². The van der Waals surface area contributed by atoms with Gasteiger partial charge in [0.15, 0.2) is 0 Å². The molecule has 2 rings (SSSR count). The zero-order chi connectivity index (χ0) is 14.0. The van der Waals surface area contributed by atoms with Crippen LogP contribution < -0.4 is 0 Å². The quantitative estimate of drug-likeness (QED) is 0.832. The Morgan fingerprint density at radius 3 is 2.26 bits per heavy atom. The van der Waals surface area contributed by atoms with Crippen molar-refractivity contribution in [2.45, 2.75) is 33.1 Å². The van der Waals surface area contributed by atoms with E-state index in [0.29, 0.717) is 13.1 Å². The summed E-state index contributed by atoms with van der Waals surface area (Å²) in [5.74, 6) is -0.396. The van der Waals surface area contributed by atoms with Gasteiger partial charge in [-0.05, 0) is 24.7 Å². The number of rotatable bonds is 2. The number of carbonyl (C=O) groups excluding carboxylic acids is 1. The Morgan fingerprint density at radius 1 is 1.16 bits per heavy atom. The van der Waals surface area contributed by atoms with Crippen LogP contribution in [-0.4, -0.2) is 53.1 Å². The molecule has 1 N–H and O–H groups in total. The topological polar surface area (TPSA) is 60.9 Å². The molecule has 5 heteroatoms. The van der Waals surface area contributed by atoms with Crippen LogP contribution in [0.25, 0.3) is 0 Å². The highest BCUT2D eigenvalue weighted by molar-refractivity contribution is 5.77. The average molecular weight is 268 g/mol. The Morgan fingerprint density at radius 2 is 1.79 bits per heavy atom. The summed E-state index contributed by atoms with van der Waals surface area (Å²) in [6, 6.07) is 0.0325. The second-order valence-electron chi connectivity index (χ2n) is 5.95. The van der Waals surface area contributed by atoms with E-state index in [4.69, 9.17) is 5.11 Å². The summed E-state index contributed by atoms with van der Waals surface area (Å²) in [4.78, 5) is 27.1. The number of urea groups is 1. The number of likely N-dealkylation sites (tertiary alicyclic amines) is 2. The number of aliphatic carboxylic acids is 1. The van der Waals surface area contributed by atoms with Crippen molar-refractivity contribution in [1.29, 1.82) is 0 Å². The van der Waals surface area contributed by atoms with Crippen LogP contribution in [0, 0.1) is 17.8 Å². The smallest absolute Gasteiger partial charge is 0.320 e. The van der Waals surface area contributed by atoms with Crippen molar-refractivity contribution in [2.75, 3.05) is 26.2 Å². The molecule has 0 bridgehead atoms. The van der Waals surface area contributed by atoms with Crippen LogP contribution in [0.5, 0.6) is 0 Å². The number of carboxylic acid groups (broad SMARTS) is 1. The van der Waals surface area contributed by atoms with E-state index in [1.54, 1.807) is 4.90 Å². The Kier molecular flexibility index (Phi) is 4.32. The van der Waals surface area contributed by atoms with Gasteiger partial charge in [-0.15, -0.1) is 0 Å². The van der Waals surface area contributed by atoms with E-state index >= 15 is 0 Å². The highest BCUT2D eigenvalue weighted by Gasteiger charge is 2.38. The predicted molar refractivity (Wildman–Crippen MR) is 71.8 cm³/mol. The van der Waals surface area contributed by atoms with Gasteiger partial charge in [0.05, 0.1) is 5.92 Å². The SMILES string of the molecule is CCC1CCN(C(=O)N2C[C@@H](C)[C@H](C(=O)O)C2)CC1. The summed E-state index contributed by atoms with van der Waals surface area (Å²) in [6.07, 6.45) is 3.34. The van der Waals surface area contributed by atoms with Crippen molar-refractivity contribution in [2.24, 2.45) is 17.8 Å². The maximum Gasteiger partial charge on any atom is 0.320 e. The number of nitrogens with zero attached hydrogens (tertiary/aromatic N) is 2. The first-order valence-corrected chi connectivity index (χ1v) is 7.29. The third kappa shape index (κ3) is 3.01. The van der Waals surface area contributed by atoms with Gasteiger partial charge in [-0.3, -0.25) is 4.79 Å². The van der Waals surface area contributed by atoms with E-state index in [-0.39, 0.29) is 11.9 Å². The fourth-order valence-corrected chi connectivity index (χ4v) is 3.18. The first-order valence-electron chi connectivity index (χ1n) is 7.29. The standard InChI is InChI=1S/C14H24N2O3/c1-3-11-4-6-15(7-5-11)14(19)16-8-10(2)12(9-16)13(17)18/h10-12H,3-9H2,1-2H3,(H,17,18)/t10-,12-/m1/s1. The van der Waals surface area contributed by atoms with Crippen LogP contribution in [0.3, 0.4) is 0 Å². The van der Waals surface area contributed by atoms with Crippen LogP contribution in [0.2, 0.25) is 0 Å². The fraction of sp³-hybridized carbons (Fsp3) is 0.857. The minimum Gasteiger partial charge on any atom is -0.481 e. The summed E-state index contributed by atoms with van der Waals surface area (Å²) in [5, 5.41) is 9.11. The molecule has 2 fully saturated rings. The van der Waals surface area contributed by atoms with Gasteiger partial charge < -0.3 is 14.9 Å². The summed E-state index contributed by atoms with van der Waals surface area (Å²) in [5.41, 5.74) is 0. The minimum absolute atomic E-state index is 0.0325. The molecule has 2 aliphatic rings. The highest BCUT2D eigenvalue weighted by Crippen LogP contribution is 2.26. The molecule has 2 aliphatic heterocycles. The number of hydrogen-bond donors (Lipinski definition) is 1. The molecule has 19 heavy (non-hydrogen) atoms. The monoisotopic (exact) mass is 268 g/mol. The maximum absolute atomic E-state index is 12.4. The molecule has 0 aromatic rings. The molecule has 0 aromatic carbocycles. The predicted octanol–water partition coefficient (Wildman–Crippen LogP) is 1.88. The van der Waals surface area contributed by atoms with Crippen molar-refractivity contribution < 1.29 is 14.7 Å².